The normalized spacial score (nSPS) is 11.8. The van der Waals surface area contributed by atoms with Gasteiger partial charge in [0.1, 0.15) is 13.2 Å². The highest BCUT2D eigenvalue weighted by atomic mass is 16.6. The van der Waals surface area contributed by atoms with Crippen LogP contribution in [-0.4, -0.2) is 73.7 Å². The molecule has 0 saturated heterocycles. The standard InChI is InChI=1S/C7H12O5.C5H8O5/c1-5(9)11-4-7(3-8)12-6(2)10;6-1-5(10-4-8)2-9-3-7/h7-8H,3-4H2,1-2H3;3-6H,1-2H2. The van der Waals surface area contributed by atoms with Gasteiger partial charge in [0.05, 0.1) is 13.2 Å². The minimum absolute atomic E-state index is 0.106. The fourth-order valence-electron chi connectivity index (χ4n) is 0.929. The Labute approximate surface area is 126 Å². The molecule has 2 N–H and O–H groups in total. The molecule has 0 heterocycles. The topological polar surface area (TPSA) is 146 Å². The lowest BCUT2D eigenvalue weighted by atomic mass is 10.4. The Morgan fingerprint density at radius 1 is 0.955 bits per heavy atom. The van der Waals surface area contributed by atoms with E-state index < -0.39 is 24.1 Å². The van der Waals surface area contributed by atoms with E-state index in [2.05, 4.69) is 18.9 Å². The summed E-state index contributed by atoms with van der Waals surface area (Å²) in [4.78, 5) is 39.9. The summed E-state index contributed by atoms with van der Waals surface area (Å²) in [6.45, 7) is 1.94. The van der Waals surface area contributed by atoms with E-state index in [1.807, 2.05) is 0 Å². The first-order chi connectivity index (χ1) is 10.4. The monoisotopic (exact) mass is 324 g/mol. The van der Waals surface area contributed by atoms with Crippen molar-refractivity contribution < 1.29 is 48.3 Å². The van der Waals surface area contributed by atoms with E-state index in [1.54, 1.807) is 0 Å². The van der Waals surface area contributed by atoms with Gasteiger partial charge in [-0.1, -0.05) is 0 Å². The van der Waals surface area contributed by atoms with Crippen molar-refractivity contribution in [1.82, 2.24) is 0 Å². The molecule has 0 spiro atoms. The van der Waals surface area contributed by atoms with E-state index in [-0.39, 0.29) is 39.4 Å². The van der Waals surface area contributed by atoms with Crippen molar-refractivity contribution in [3.63, 3.8) is 0 Å². The average Bonchev–Trinajstić information content (AvgIpc) is 2.48. The Kier molecular flexibility index (Phi) is 15.3. The van der Waals surface area contributed by atoms with Crippen LogP contribution in [0.3, 0.4) is 0 Å². The summed E-state index contributed by atoms with van der Waals surface area (Å²) in [5, 5.41) is 17.0. The molecule has 0 saturated carbocycles. The van der Waals surface area contributed by atoms with E-state index in [9.17, 15) is 19.2 Å². The van der Waals surface area contributed by atoms with Gasteiger partial charge in [-0.25, -0.2) is 0 Å². The maximum absolute atomic E-state index is 10.4. The number of ether oxygens (including phenoxy) is 4. The Morgan fingerprint density at radius 2 is 1.55 bits per heavy atom. The van der Waals surface area contributed by atoms with Crippen molar-refractivity contribution in [2.75, 3.05) is 26.4 Å². The second-order valence-corrected chi connectivity index (χ2v) is 3.68. The fourth-order valence-corrected chi connectivity index (χ4v) is 0.929. The van der Waals surface area contributed by atoms with Gasteiger partial charge >= 0.3 is 11.9 Å². The lowest BCUT2D eigenvalue weighted by Gasteiger charge is -2.13. The molecule has 0 aliphatic rings. The van der Waals surface area contributed by atoms with Crippen molar-refractivity contribution in [3.05, 3.63) is 0 Å². The SMILES string of the molecule is CC(=O)OCC(CO)OC(C)=O.O=COCC(CO)OC=O. The molecule has 10 heteroatoms. The van der Waals surface area contributed by atoms with Crippen LogP contribution < -0.4 is 0 Å². The van der Waals surface area contributed by atoms with Crippen LogP contribution in [0.4, 0.5) is 0 Å². The van der Waals surface area contributed by atoms with E-state index in [1.165, 1.54) is 13.8 Å². The third-order valence-corrected chi connectivity index (χ3v) is 1.81. The molecule has 0 bridgehead atoms. The molecule has 0 amide bonds. The minimum Gasteiger partial charge on any atom is -0.464 e. The molecular formula is C12H20O10. The first-order valence-electron chi connectivity index (χ1n) is 6.07. The number of hydrogen-bond donors (Lipinski definition) is 2. The number of carbonyl (C=O) groups is 4. The summed E-state index contributed by atoms with van der Waals surface area (Å²) in [6.07, 6.45) is -1.51. The van der Waals surface area contributed by atoms with Crippen LogP contribution in [0.2, 0.25) is 0 Å². The summed E-state index contributed by atoms with van der Waals surface area (Å²) >= 11 is 0. The molecule has 22 heavy (non-hydrogen) atoms. The van der Waals surface area contributed by atoms with Crippen molar-refractivity contribution >= 4 is 24.9 Å². The summed E-state index contributed by atoms with van der Waals surface area (Å²) in [5.74, 6) is -0.984. The molecule has 0 fully saturated rings. The maximum atomic E-state index is 10.4. The van der Waals surface area contributed by atoms with E-state index in [4.69, 9.17) is 10.2 Å². The zero-order valence-corrected chi connectivity index (χ0v) is 12.3. The van der Waals surface area contributed by atoms with Gasteiger partial charge < -0.3 is 29.2 Å². The molecule has 0 rings (SSSR count). The first kappa shape index (κ1) is 22.1. The number of aliphatic hydroxyl groups excluding tert-OH is 2. The molecule has 0 aliphatic carbocycles. The highest BCUT2D eigenvalue weighted by molar-refractivity contribution is 5.67. The molecule has 128 valence electrons. The summed E-state index contributed by atoms with van der Waals surface area (Å²) in [6, 6.07) is 0. The van der Waals surface area contributed by atoms with E-state index in [0.717, 1.165) is 0 Å². The molecular weight excluding hydrogens is 304 g/mol. The summed E-state index contributed by atoms with van der Waals surface area (Å²) in [7, 11) is 0. The molecule has 0 aromatic rings. The number of rotatable bonds is 10. The zero-order valence-electron chi connectivity index (χ0n) is 12.3. The Morgan fingerprint density at radius 3 is 1.91 bits per heavy atom. The Bertz CT molecular complexity index is 330. The van der Waals surface area contributed by atoms with Crippen LogP contribution in [0.25, 0.3) is 0 Å². The lowest BCUT2D eigenvalue weighted by Crippen LogP contribution is -2.26. The predicted molar refractivity (Wildman–Crippen MR) is 69.3 cm³/mol. The van der Waals surface area contributed by atoms with Crippen LogP contribution in [0.15, 0.2) is 0 Å². The van der Waals surface area contributed by atoms with Gasteiger partial charge in [-0.2, -0.15) is 0 Å². The van der Waals surface area contributed by atoms with Crippen molar-refractivity contribution in [3.8, 4) is 0 Å². The van der Waals surface area contributed by atoms with Crippen LogP contribution in [0.1, 0.15) is 13.8 Å². The third kappa shape index (κ3) is 15.9. The van der Waals surface area contributed by atoms with Gasteiger partial charge in [0.2, 0.25) is 0 Å². The molecule has 0 radical (unpaired) electrons. The second-order valence-electron chi connectivity index (χ2n) is 3.68. The number of carbonyl (C=O) groups excluding carboxylic acids is 4. The lowest BCUT2D eigenvalue weighted by molar-refractivity contribution is -0.158. The van der Waals surface area contributed by atoms with Crippen molar-refractivity contribution in [1.29, 1.82) is 0 Å². The number of esters is 2. The van der Waals surface area contributed by atoms with E-state index >= 15 is 0 Å². The Hall–Kier alpha value is -2.20. The van der Waals surface area contributed by atoms with Gasteiger partial charge in [-0.05, 0) is 0 Å². The largest absolute Gasteiger partial charge is 0.464 e. The van der Waals surface area contributed by atoms with Gasteiger partial charge in [-0.15, -0.1) is 0 Å². The number of aliphatic hydroxyl groups is 2. The van der Waals surface area contributed by atoms with Gasteiger partial charge in [0.25, 0.3) is 12.9 Å². The summed E-state index contributed by atoms with van der Waals surface area (Å²) < 4.78 is 17.6. The fraction of sp³-hybridized carbons (Fsp3) is 0.667. The number of hydrogen-bond acceptors (Lipinski definition) is 10. The quantitative estimate of drug-likeness (QED) is 0.267. The smallest absolute Gasteiger partial charge is 0.303 e. The minimum atomic E-state index is -0.758. The molecule has 10 nitrogen and oxygen atoms in total. The predicted octanol–water partition coefficient (Wildman–Crippen LogP) is -1.83. The average molecular weight is 324 g/mol. The highest BCUT2D eigenvalue weighted by Crippen LogP contribution is 1.93. The van der Waals surface area contributed by atoms with Gasteiger partial charge in [-0.3, -0.25) is 19.2 Å². The molecule has 2 unspecified atom stereocenters. The van der Waals surface area contributed by atoms with Crippen LogP contribution in [0.5, 0.6) is 0 Å². The zero-order chi connectivity index (χ0) is 17.4. The molecule has 2 atom stereocenters. The van der Waals surface area contributed by atoms with Crippen molar-refractivity contribution in [2.45, 2.75) is 26.1 Å². The second kappa shape index (κ2) is 15.2. The Balaban J connectivity index is 0. The van der Waals surface area contributed by atoms with E-state index in [0.29, 0.717) is 0 Å². The summed E-state index contributed by atoms with van der Waals surface area (Å²) in [5.41, 5.74) is 0. The van der Waals surface area contributed by atoms with Crippen molar-refractivity contribution in [2.24, 2.45) is 0 Å². The molecule has 0 aromatic carbocycles. The molecule has 0 aromatic heterocycles. The van der Waals surface area contributed by atoms with Crippen LogP contribution in [-0.2, 0) is 38.1 Å². The van der Waals surface area contributed by atoms with Gasteiger partial charge in [0, 0.05) is 13.8 Å². The third-order valence-electron chi connectivity index (χ3n) is 1.81. The van der Waals surface area contributed by atoms with Crippen LogP contribution in [0, 0.1) is 0 Å². The van der Waals surface area contributed by atoms with Crippen LogP contribution >= 0.6 is 0 Å². The first-order valence-corrected chi connectivity index (χ1v) is 6.07. The van der Waals surface area contributed by atoms with Gasteiger partial charge in [0.15, 0.2) is 12.2 Å². The molecule has 0 aliphatic heterocycles. The highest BCUT2D eigenvalue weighted by Gasteiger charge is 2.11. The maximum Gasteiger partial charge on any atom is 0.303 e.